The molecule has 0 atom stereocenters. The normalized spacial score (nSPS) is 12.0. The third-order valence-electron chi connectivity index (χ3n) is 2.20. The van der Waals surface area contributed by atoms with Crippen LogP contribution in [0.25, 0.3) is 0 Å². The summed E-state index contributed by atoms with van der Waals surface area (Å²) < 4.78 is 7.28. The lowest BCUT2D eigenvalue weighted by molar-refractivity contribution is 0.212. The summed E-state index contributed by atoms with van der Waals surface area (Å²) >= 11 is 0. The van der Waals surface area contributed by atoms with Crippen LogP contribution in [0.4, 0.5) is 0 Å². The van der Waals surface area contributed by atoms with Crippen LogP contribution in [0.15, 0.2) is 10.6 Å². The van der Waals surface area contributed by atoms with Crippen molar-refractivity contribution in [3.05, 3.63) is 17.3 Å². The molecule has 0 aliphatic carbocycles. The third-order valence-corrected chi connectivity index (χ3v) is 2.20. The van der Waals surface area contributed by atoms with Gasteiger partial charge in [0, 0.05) is 11.5 Å². The molecule has 3 heteroatoms. The Balaban J connectivity index is 2.88. The van der Waals surface area contributed by atoms with Gasteiger partial charge in [-0.1, -0.05) is 34.1 Å². The highest BCUT2D eigenvalue weighted by Crippen LogP contribution is 2.20. The van der Waals surface area contributed by atoms with Gasteiger partial charge in [0.2, 0.25) is 0 Å². The second-order valence-corrected chi connectivity index (χ2v) is 4.69. The van der Waals surface area contributed by atoms with Gasteiger partial charge >= 0.3 is 0 Å². The standard InChI is InChI=1S/C11H20N2O/c1-5-6-7-13-10(12)8-9(14-13)11(2,3)4/h8,12H,5-7H2,1-4H3. The summed E-state index contributed by atoms with van der Waals surface area (Å²) in [4.78, 5) is 0. The predicted molar refractivity (Wildman–Crippen MR) is 56.2 cm³/mol. The fraction of sp³-hybridized carbons (Fsp3) is 0.727. The summed E-state index contributed by atoms with van der Waals surface area (Å²) in [6, 6.07) is 1.82. The first kappa shape index (κ1) is 11.1. The zero-order valence-electron chi connectivity index (χ0n) is 9.55. The van der Waals surface area contributed by atoms with Gasteiger partial charge in [-0.3, -0.25) is 5.41 Å². The minimum absolute atomic E-state index is 0.00668. The summed E-state index contributed by atoms with van der Waals surface area (Å²) in [6.07, 6.45) is 2.19. The van der Waals surface area contributed by atoms with Crippen molar-refractivity contribution in [2.45, 2.75) is 52.5 Å². The third kappa shape index (κ3) is 2.50. The zero-order chi connectivity index (χ0) is 10.8. The summed E-state index contributed by atoms with van der Waals surface area (Å²) in [7, 11) is 0. The Hall–Kier alpha value is -0.990. The van der Waals surface area contributed by atoms with Crippen LogP contribution >= 0.6 is 0 Å². The topological polar surface area (TPSA) is 41.9 Å². The van der Waals surface area contributed by atoms with Crippen molar-refractivity contribution in [3.63, 3.8) is 0 Å². The Morgan fingerprint density at radius 3 is 2.50 bits per heavy atom. The number of nitrogens with zero attached hydrogens (tertiary/aromatic N) is 1. The van der Waals surface area contributed by atoms with Gasteiger partial charge in [-0.15, -0.1) is 0 Å². The number of aromatic nitrogens is 1. The lowest BCUT2D eigenvalue weighted by Crippen LogP contribution is -2.13. The van der Waals surface area contributed by atoms with Gasteiger partial charge in [-0.25, -0.2) is 0 Å². The Kier molecular flexibility index (Phi) is 3.19. The molecule has 0 fully saturated rings. The highest BCUT2D eigenvalue weighted by atomic mass is 16.5. The van der Waals surface area contributed by atoms with Crippen LogP contribution in [-0.2, 0) is 12.0 Å². The van der Waals surface area contributed by atoms with Crippen LogP contribution in [0.1, 0.15) is 46.3 Å². The fourth-order valence-electron chi connectivity index (χ4n) is 1.21. The van der Waals surface area contributed by atoms with Gasteiger partial charge in [0.25, 0.3) is 0 Å². The highest BCUT2D eigenvalue weighted by molar-refractivity contribution is 5.05. The number of nitrogens with one attached hydrogen (secondary N) is 1. The monoisotopic (exact) mass is 196 g/mol. The van der Waals surface area contributed by atoms with E-state index >= 15 is 0 Å². The van der Waals surface area contributed by atoms with Gasteiger partial charge in [0.15, 0.2) is 5.49 Å². The molecular weight excluding hydrogens is 176 g/mol. The van der Waals surface area contributed by atoms with Crippen molar-refractivity contribution >= 4 is 0 Å². The minimum atomic E-state index is -0.00668. The Bertz CT molecular complexity index is 341. The molecule has 3 nitrogen and oxygen atoms in total. The smallest absolute Gasteiger partial charge is 0.159 e. The fourth-order valence-corrected chi connectivity index (χ4v) is 1.21. The first-order valence-electron chi connectivity index (χ1n) is 5.21. The highest BCUT2D eigenvalue weighted by Gasteiger charge is 2.19. The van der Waals surface area contributed by atoms with E-state index in [9.17, 15) is 0 Å². The number of hydrogen-bond donors (Lipinski definition) is 1. The van der Waals surface area contributed by atoms with E-state index in [1.807, 2.05) is 6.07 Å². The van der Waals surface area contributed by atoms with E-state index in [4.69, 9.17) is 9.93 Å². The van der Waals surface area contributed by atoms with Crippen LogP contribution in [0.2, 0.25) is 0 Å². The second kappa shape index (κ2) is 4.03. The molecule has 1 N–H and O–H groups in total. The largest absolute Gasteiger partial charge is 0.382 e. The second-order valence-electron chi connectivity index (χ2n) is 4.69. The maximum absolute atomic E-state index is 7.72. The van der Waals surface area contributed by atoms with Crippen molar-refractivity contribution < 1.29 is 4.52 Å². The average molecular weight is 196 g/mol. The Morgan fingerprint density at radius 2 is 2.07 bits per heavy atom. The molecule has 0 aromatic carbocycles. The molecule has 0 spiro atoms. The lowest BCUT2D eigenvalue weighted by atomic mass is 9.94. The number of rotatable bonds is 3. The predicted octanol–water partition coefficient (Wildman–Crippen LogP) is 2.66. The van der Waals surface area contributed by atoms with Crippen molar-refractivity contribution in [2.24, 2.45) is 0 Å². The molecule has 1 aromatic rings. The molecule has 0 bridgehead atoms. The van der Waals surface area contributed by atoms with E-state index < -0.39 is 0 Å². The molecule has 14 heavy (non-hydrogen) atoms. The molecule has 0 saturated heterocycles. The molecule has 80 valence electrons. The van der Waals surface area contributed by atoms with Crippen molar-refractivity contribution in [3.8, 4) is 0 Å². The van der Waals surface area contributed by atoms with Crippen molar-refractivity contribution in [2.75, 3.05) is 0 Å². The maximum Gasteiger partial charge on any atom is 0.159 e. The quantitative estimate of drug-likeness (QED) is 0.793. The van der Waals surface area contributed by atoms with E-state index in [0.29, 0.717) is 5.49 Å². The van der Waals surface area contributed by atoms with Gasteiger partial charge in [0.1, 0.15) is 5.76 Å². The van der Waals surface area contributed by atoms with Crippen molar-refractivity contribution in [1.29, 1.82) is 5.41 Å². The first-order chi connectivity index (χ1) is 6.45. The molecule has 1 heterocycles. The molecule has 1 rings (SSSR count). The molecule has 0 saturated carbocycles. The number of hydrogen-bond acceptors (Lipinski definition) is 2. The lowest BCUT2D eigenvalue weighted by Gasteiger charge is -2.13. The van der Waals surface area contributed by atoms with E-state index in [-0.39, 0.29) is 5.41 Å². The van der Waals surface area contributed by atoms with Gasteiger partial charge in [-0.05, 0) is 6.42 Å². The molecule has 0 aliphatic rings. The molecule has 0 aliphatic heterocycles. The van der Waals surface area contributed by atoms with E-state index in [2.05, 4.69) is 27.7 Å². The van der Waals surface area contributed by atoms with E-state index in [1.165, 1.54) is 0 Å². The maximum atomic E-state index is 7.72. The van der Waals surface area contributed by atoms with Crippen LogP contribution in [0.3, 0.4) is 0 Å². The van der Waals surface area contributed by atoms with Crippen LogP contribution in [-0.4, -0.2) is 4.74 Å². The SMILES string of the molecule is CCCCn1oc(C(C)(C)C)cc1=N. The summed E-state index contributed by atoms with van der Waals surface area (Å²) in [5.41, 5.74) is 0.469. The number of unbranched alkanes of at least 4 members (excludes halogenated alkanes) is 1. The molecule has 1 aromatic heterocycles. The first-order valence-corrected chi connectivity index (χ1v) is 5.21. The van der Waals surface area contributed by atoms with Gasteiger partial charge in [-0.2, -0.15) is 4.74 Å². The molecular formula is C11H20N2O. The minimum Gasteiger partial charge on any atom is -0.382 e. The van der Waals surface area contributed by atoms with Crippen LogP contribution < -0.4 is 5.49 Å². The van der Waals surface area contributed by atoms with Crippen LogP contribution in [0.5, 0.6) is 0 Å². The Labute approximate surface area is 85.2 Å². The molecule has 0 amide bonds. The number of aryl methyl sites for hydroxylation is 1. The molecule has 0 radical (unpaired) electrons. The zero-order valence-corrected chi connectivity index (χ0v) is 9.55. The van der Waals surface area contributed by atoms with Gasteiger partial charge < -0.3 is 4.52 Å². The Morgan fingerprint density at radius 1 is 1.43 bits per heavy atom. The van der Waals surface area contributed by atoms with Gasteiger partial charge in [0.05, 0.1) is 6.54 Å². The summed E-state index contributed by atoms with van der Waals surface area (Å²) in [5.74, 6) is 0.888. The van der Waals surface area contributed by atoms with E-state index in [1.54, 1.807) is 4.74 Å². The van der Waals surface area contributed by atoms with E-state index in [0.717, 1.165) is 25.1 Å². The summed E-state index contributed by atoms with van der Waals surface area (Å²) in [6.45, 7) is 9.23. The molecule has 0 unspecified atom stereocenters. The van der Waals surface area contributed by atoms with Crippen molar-refractivity contribution in [1.82, 2.24) is 4.74 Å². The average Bonchev–Trinajstić information content (AvgIpc) is 2.43. The summed E-state index contributed by atoms with van der Waals surface area (Å²) in [5, 5.41) is 7.72. The van der Waals surface area contributed by atoms with Crippen LogP contribution in [0, 0.1) is 5.41 Å².